The van der Waals surface area contributed by atoms with E-state index in [0.717, 1.165) is 44.0 Å². The Bertz CT molecular complexity index is 525. The maximum absolute atomic E-state index is 11.6. The number of aryl methyl sites for hydroxylation is 1. The van der Waals surface area contributed by atoms with Gasteiger partial charge in [-0.2, -0.15) is 0 Å². The first-order chi connectivity index (χ1) is 11.0. The van der Waals surface area contributed by atoms with Crippen LogP contribution in [0.15, 0.2) is 18.2 Å². The predicted molar refractivity (Wildman–Crippen MR) is 90.7 cm³/mol. The van der Waals surface area contributed by atoms with E-state index in [4.69, 9.17) is 9.47 Å². The molecule has 1 aliphatic rings. The first-order valence-electron chi connectivity index (χ1n) is 8.12. The average molecular weight is 320 g/mol. The van der Waals surface area contributed by atoms with Gasteiger partial charge in [-0.25, -0.2) is 0 Å². The van der Waals surface area contributed by atoms with Crippen LogP contribution in [0.2, 0.25) is 0 Å². The number of amides is 1. The van der Waals surface area contributed by atoms with Crippen LogP contribution in [0.3, 0.4) is 0 Å². The minimum atomic E-state index is -0.0816. The van der Waals surface area contributed by atoms with Crippen LogP contribution in [-0.4, -0.2) is 61.7 Å². The van der Waals surface area contributed by atoms with E-state index in [0.29, 0.717) is 13.1 Å². The van der Waals surface area contributed by atoms with Crippen LogP contribution in [0.4, 0.5) is 0 Å². The van der Waals surface area contributed by atoms with E-state index in [1.807, 2.05) is 24.0 Å². The van der Waals surface area contributed by atoms with Gasteiger partial charge in [-0.05, 0) is 26.8 Å². The molecule has 0 spiro atoms. The number of morpholine rings is 1. The highest BCUT2D eigenvalue weighted by molar-refractivity contribution is 5.49. The number of rotatable bonds is 7. The third kappa shape index (κ3) is 4.69. The zero-order chi connectivity index (χ0) is 16.9. The van der Waals surface area contributed by atoms with E-state index in [1.165, 1.54) is 5.56 Å². The normalized spacial score (nSPS) is 16.2. The molecule has 1 fully saturated rings. The van der Waals surface area contributed by atoms with Gasteiger partial charge in [-0.3, -0.25) is 9.69 Å². The molecule has 0 unspecified atom stereocenters. The smallest absolute Gasteiger partial charge is 0.210 e. The Morgan fingerprint density at radius 2 is 2.04 bits per heavy atom. The third-order valence-electron chi connectivity index (χ3n) is 4.42. The van der Waals surface area contributed by atoms with Crippen LogP contribution in [-0.2, 0) is 16.1 Å². The second kappa shape index (κ2) is 7.79. The fourth-order valence-corrected chi connectivity index (χ4v) is 3.15. The standard InChI is InChI=1S/C18H28N2O3/c1-15-5-6-17(22-4)16(11-15)12-19(14-21)13-18(2,3)20-7-9-23-10-8-20/h5-6,11,14H,7-10,12-13H2,1-4H3. The topological polar surface area (TPSA) is 42.0 Å². The van der Waals surface area contributed by atoms with Crippen molar-refractivity contribution in [3.63, 3.8) is 0 Å². The number of nitrogens with zero attached hydrogens (tertiary/aromatic N) is 2. The summed E-state index contributed by atoms with van der Waals surface area (Å²) in [5.74, 6) is 0.826. The molecule has 0 atom stereocenters. The van der Waals surface area contributed by atoms with Crippen molar-refractivity contribution in [2.45, 2.75) is 32.9 Å². The monoisotopic (exact) mass is 320 g/mol. The highest BCUT2D eigenvalue weighted by Crippen LogP contribution is 2.23. The van der Waals surface area contributed by atoms with Gasteiger partial charge in [-0.1, -0.05) is 17.7 Å². The third-order valence-corrected chi connectivity index (χ3v) is 4.42. The van der Waals surface area contributed by atoms with Crippen LogP contribution in [0.1, 0.15) is 25.0 Å². The van der Waals surface area contributed by atoms with Crippen LogP contribution in [0.25, 0.3) is 0 Å². The van der Waals surface area contributed by atoms with Crippen molar-refractivity contribution in [3.05, 3.63) is 29.3 Å². The Balaban J connectivity index is 2.07. The van der Waals surface area contributed by atoms with Crippen LogP contribution < -0.4 is 4.74 Å². The highest BCUT2D eigenvalue weighted by atomic mass is 16.5. The maximum Gasteiger partial charge on any atom is 0.210 e. The summed E-state index contributed by atoms with van der Waals surface area (Å²) in [5.41, 5.74) is 2.12. The molecule has 0 saturated carbocycles. The van der Waals surface area contributed by atoms with Gasteiger partial charge in [0.2, 0.25) is 6.41 Å². The Morgan fingerprint density at radius 3 is 2.65 bits per heavy atom. The van der Waals surface area contributed by atoms with Gasteiger partial charge in [0.25, 0.3) is 0 Å². The summed E-state index contributed by atoms with van der Waals surface area (Å²) in [6.45, 7) is 11.0. The molecule has 0 N–H and O–H groups in total. The maximum atomic E-state index is 11.6. The molecule has 0 bridgehead atoms. The Labute approximate surface area is 139 Å². The van der Waals surface area contributed by atoms with Crippen LogP contribution in [0, 0.1) is 6.92 Å². The summed E-state index contributed by atoms with van der Waals surface area (Å²) < 4.78 is 10.8. The minimum Gasteiger partial charge on any atom is -0.496 e. The average Bonchev–Trinajstić information content (AvgIpc) is 2.55. The lowest BCUT2D eigenvalue weighted by molar-refractivity contribution is -0.121. The Hall–Kier alpha value is -1.59. The zero-order valence-electron chi connectivity index (χ0n) is 14.7. The molecule has 1 heterocycles. The minimum absolute atomic E-state index is 0.0816. The molecule has 1 saturated heterocycles. The number of ether oxygens (including phenoxy) is 2. The second-order valence-electron chi connectivity index (χ2n) is 6.74. The molecule has 0 aromatic heterocycles. The van der Waals surface area contributed by atoms with Gasteiger partial charge in [-0.15, -0.1) is 0 Å². The van der Waals surface area contributed by atoms with Gasteiger partial charge < -0.3 is 14.4 Å². The molecule has 5 heteroatoms. The lowest BCUT2D eigenvalue weighted by Gasteiger charge is -2.42. The Kier molecular flexibility index (Phi) is 6.02. The quantitative estimate of drug-likeness (QED) is 0.721. The molecule has 0 radical (unpaired) electrons. The van der Waals surface area contributed by atoms with Gasteiger partial charge >= 0.3 is 0 Å². The number of benzene rings is 1. The molecule has 2 rings (SSSR count). The molecule has 1 aliphatic heterocycles. The number of hydrogen-bond acceptors (Lipinski definition) is 4. The number of methoxy groups -OCH3 is 1. The summed E-state index contributed by atoms with van der Waals surface area (Å²) in [6.07, 6.45) is 0.934. The first-order valence-corrected chi connectivity index (χ1v) is 8.12. The number of carbonyl (C=O) groups is 1. The summed E-state index contributed by atoms with van der Waals surface area (Å²) in [5, 5.41) is 0. The van der Waals surface area contributed by atoms with Gasteiger partial charge in [0, 0.05) is 37.3 Å². The zero-order valence-corrected chi connectivity index (χ0v) is 14.7. The number of hydrogen-bond donors (Lipinski definition) is 0. The predicted octanol–water partition coefficient (Wildman–Crippen LogP) is 2.07. The van der Waals surface area contributed by atoms with Crippen molar-refractivity contribution in [2.75, 3.05) is 40.0 Å². The molecule has 0 aliphatic carbocycles. The molecule has 1 aromatic rings. The molecule has 1 amide bonds. The Morgan fingerprint density at radius 1 is 1.35 bits per heavy atom. The van der Waals surface area contributed by atoms with Crippen molar-refractivity contribution in [1.29, 1.82) is 0 Å². The highest BCUT2D eigenvalue weighted by Gasteiger charge is 2.30. The van der Waals surface area contributed by atoms with E-state index in [-0.39, 0.29) is 5.54 Å². The second-order valence-corrected chi connectivity index (χ2v) is 6.74. The summed E-state index contributed by atoms with van der Waals surface area (Å²) in [7, 11) is 1.66. The van der Waals surface area contributed by atoms with Crippen LogP contribution in [0.5, 0.6) is 5.75 Å². The molecule has 5 nitrogen and oxygen atoms in total. The van der Waals surface area contributed by atoms with Gasteiger partial charge in [0.05, 0.1) is 20.3 Å². The summed E-state index contributed by atoms with van der Waals surface area (Å²) in [4.78, 5) is 15.8. The van der Waals surface area contributed by atoms with Crippen LogP contribution >= 0.6 is 0 Å². The summed E-state index contributed by atoms with van der Waals surface area (Å²) in [6, 6.07) is 6.06. The fraction of sp³-hybridized carbons (Fsp3) is 0.611. The molecule has 1 aromatic carbocycles. The lowest BCUT2D eigenvalue weighted by Crippen LogP contribution is -2.55. The van der Waals surface area contributed by atoms with Crippen molar-refractivity contribution < 1.29 is 14.3 Å². The van der Waals surface area contributed by atoms with E-state index < -0.39 is 0 Å². The van der Waals surface area contributed by atoms with Crippen molar-refractivity contribution in [2.24, 2.45) is 0 Å². The first kappa shape index (κ1) is 17.8. The van der Waals surface area contributed by atoms with Gasteiger partial charge in [0.1, 0.15) is 5.75 Å². The number of carbonyl (C=O) groups excluding carboxylic acids is 1. The molecule has 23 heavy (non-hydrogen) atoms. The van der Waals surface area contributed by atoms with E-state index in [9.17, 15) is 4.79 Å². The van der Waals surface area contributed by atoms with Crippen molar-refractivity contribution >= 4 is 6.41 Å². The van der Waals surface area contributed by atoms with E-state index >= 15 is 0 Å². The molecular weight excluding hydrogens is 292 g/mol. The van der Waals surface area contributed by atoms with E-state index in [1.54, 1.807) is 7.11 Å². The largest absolute Gasteiger partial charge is 0.496 e. The summed E-state index contributed by atoms with van der Waals surface area (Å²) >= 11 is 0. The van der Waals surface area contributed by atoms with Crippen molar-refractivity contribution in [3.8, 4) is 5.75 Å². The SMILES string of the molecule is COc1ccc(C)cc1CN(C=O)CC(C)(C)N1CCOCC1. The van der Waals surface area contributed by atoms with E-state index in [2.05, 4.69) is 24.8 Å². The lowest BCUT2D eigenvalue weighted by atomic mass is 10.0. The fourth-order valence-electron chi connectivity index (χ4n) is 3.15. The van der Waals surface area contributed by atoms with Gasteiger partial charge in [0.15, 0.2) is 0 Å². The molecule has 128 valence electrons. The molecular formula is C18H28N2O3. The van der Waals surface area contributed by atoms with Crippen molar-refractivity contribution in [1.82, 2.24) is 9.80 Å².